The Morgan fingerprint density at radius 3 is 3.00 bits per heavy atom. The SMILES string of the molecule is NNOC(=O)CCSc1cc(Cl)ccc1N. The van der Waals surface area contributed by atoms with Crippen LogP contribution < -0.4 is 17.2 Å². The van der Waals surface area contributed by atoms with Crippen molar-refractivity contribution in [1.82, 2.24) is 5.59 Å². The zero-order valence-corrected chi connectivity index (χ0v) is 9.98. The zero-order valence-electron chi connectivity index (χ0n) is 8.40. The van der Waals surface area contributed by atoms with Crippen LogP contribution in [0, 0.1) is 0 Å². The van der Waals surface area contributed by atoms with E-state index in [4.69, 9.17) is 23.2 Å². The first kappa shape index (κ1) is 13.1. The molecule has 16 heavy (non-hydrogen) atoms. The third-order valence-electron chi connectivity index (χ3n) is 1.71. The first-order valence-electron chi connectivity index (χ1n) is 4.46. The number of rotatable bonds is 5. The van der Waals surface area contributed by atoms with Crippen LogP contribution in [0.15, 0.2) is 23.1 Å². The molecule has 0 spiro atoms. The van der Waals surface area contributed by atoms with Gasteiger partial charge in [-0.25, -0.2) is 5.84 Å². The maximum Gasteiger partial charge on any atom is 0.327 e. The fraction of sp³-hybridized carbons (Fsp3) is 0.222. The van der Waals surface area contributed by atoms with Gasteiger partial charge >= 0.3 is 5.97 Å². The van der Waals surface area contributed by atoms with Gasteiger partial charge < -0.3 is 10.6 Å². The molecule has 7 heteroatoms. The monoisotopic (exact) mass is 261 g/mol. The summed E-state index contributed by atoms with van der Waals surface area (Å²) in [4.78, 5) is 16.1. The van der Waals surface area contributed by atoms with E-state index >= 15 is 0 Å². The number of benzene rings is 1. The van der Waals surface area contributed by atoms with Crippen molar-refractivity contribution in [2.75, 3.05) is 11.5 Å². The second-order valence-electron chi connectivity index (χ2n) is 2.87. The average molecular weight is 262 g/mol. The minimum Gasteiger partial charge on any atom is -0.398 e. The van der Waals surface area contributed by atoms with E-state index in [0.29, 0.717) is 16.5 Å². The zero-order chi connectivity index (χ0) is 12.0. The molecular formula is C9H12ClN3O2S. The summed E-state index contributed by atoms with van der Waals surface area (Å²) in [7, 11) is 0. The predicted molar refractivity (Wildman–Crippen MR) is 64.6 cm³/mol. The molecule has 0 radical (unpaired) electrons. The van der Waals surface area contributed by atoms with Gasteiger partial charge in [-0.15, -0.1) is 11.8 Å². The number of nitrogen functional groups attached to an aromatic ring is 1. The number of nitrogens with two attached hydrogens (primary N) is 2. The quantitative estimate of drug-likeness (QED) is 0.321. The predicted octanol–water partition coefficient (Wildman–Crippen LogP) is 1.33. The Kier molecular flexibility index (Phi) is 5.41. The topological polar surface area (TPSA) is 90.4 Å². The van der Waals surface area contributed by atoms with Gasteiger partial charge in [0.1, 0.15) is 0 Å². The van der Waals surface area contributed by atoms with E-state index in [9.17, 15) is 4.79 Å². The van der Waals surface area contributed by atoms with E-state index in [1.165, 1.54) is 11.8 Å². The number of halogens is 1. The lowest BCUT2D eigenvalue weighted by Gasteiger charge is -2.05. The van der Waals surface area contributed by atoms with Crippen molar-refractivity contribution in [2.24, 2.45) is 5.84 Å². The summed E-state index contributed by atoms with van der Waals surface area (Å²) >= 11 is 7.26. The third-order valence-corrected chi connectivity index (χ3v) is 3.02. The molecule has 0 aliphatic carbocycles. The van der Waals surface area contributed by atoms with Crippen LogP contribution >= 0.6 is 23.4 Å². The molecule has 0 saturated carbocycles. The molecule has 0 aromatic heterocycles. The van der Waals surface area contributed by atoms with Gasteiger partial charge in [-0.05, 0) is 18.2 Å². The Hall–Kier alpha value is -0.950. The molecule has 0 saturated heterocycles. The highest BCUT2D eigenvalue weighted by Crippen LogP contribution is 2.28. The molecular weight excluding hydrogens is 250 g/mol. The lowest BCUT2D eigenvalue weighted by Crippen LogP contribution is -2.26. The number of hydrogen-bond acceptors (Lipinski definition) is 6. The highest BCUT2D eigenvalue weighted by Gasteiger charge is 2.05. The highest BCUT2D eigenvalue weighted by atomic mass is 35.5. The molecule has 0 fully saturated rings. The first-order chi connectivity index (χ1) is 7.63. The van der Waals surface area contributed by atoms with E-state index in [2.05, 4.69) is 4.84 Å². The molecule has 0 aliphatic heterocycles. The normalized spacial score (nSPS) is 10.1. The maximum absolute atomic E-state index is 10.9. The van der Waals surface area contributed by atoms with Crippen molar-refractivity contribution in [3.05, 3.63) is 23.2 Å². The number of hydrazine groups is 1. The Morgan fingerprint density at radius 2 is 2.31 bits per heavy atom. The largest absolute Gasteiger partial charge is 0.398 e. The number of anilines is 1. The number of thioether (sulfide) groups is 1. The van der Waals surface area contributed by atoms with Gasteiger partial charge in [-0.1, -0.05) is 17.2 Å². The molecule has 1 rings (SSSR count). The fourth-order valence-corrected chi connectivity index (χ4v) is 2.16. The van der Waals surface area contributed by atoms with Crippen LogP contribution in [0.3, 0.4) is 0 Å². The van der Waals surface area contributed by atoms with E-state index in [-0.39, 0.29) is 6.42 Å². The van der Waals surface area contributed by atoms with Crippen LogP contribution in [0.2, 0.25) is 5.02 Å². The summed E-state index contributed by atoms with van der Waals surface area (Å²) in [6.45, 7) is 0. The van der Waals surface area contributed by atoms with Crippen molar-refractivity contribution < 1.29 is 9.63 Å². The van der Waals surface area contributed by atoms with Gasteiger partial charge in [0, 0.05) is 21.4 Å². The minimum absolute atomic E-state index is 0.237. The van der Waals surface area contributed by atoms with Gasteiger partial charge in [0.15, 0.2) is 0 Å². The highest BCUT2D eigenvalue weighted by molar-refractivity contribution is 7.99. The molecule has 1 aromatic rings. The van der Waals surface area contributed by atoms with Gasteiger partial charge in [0.2, 0.25) is 0 Å². The molecule has 1 aromatic carbocycles. The van der Waals surface area contributed by atoms with Gasteiger partial charge in [-0.3, -0.25) is 4.79 Å². The van der Waals surface area contributed by atoms with Crippen molar-refractivity contribution in [3.63, 3.8) is 0 Å². The molecule has 5 nitrogen and oxygen atoms in total. The number of nitrogens with one attached hydrogen (secondary N) is 1. The summed E-state index contributed by atoms with van der Waals surface area (Å²) in [6.07, 6.45) is 0.237. The fourth-order valence-electron chi connectivity index (χ4n) is 0.994. The van der Waals surface area contributed by atoms with E-state index in [1.807, 2.05) is 5.59 Å². The standard InChI is InChI=1S/C9H12ClN3O2S/c10-6-1-2-7(11)8(5-6)16-4-3-9(14)15-13-12/h1-2,5,13H,3-4,11-12H2. The molecule has 5 N–H and O–H groups in total. The molecule has 0 unspecified atom stereocenters. The van der Waals surface area contributed by atoms with Crippen molar-refractivity contribution in [1.29, 1.82) is 0 Å². The van der Waals surface area contributed by atoms with Gasteiger partial charge in [0.05, 0.1) is 6.42 Å². The Labute approximate surface area is 102 Å². The van der Waals surface area contributed by atoms with E-state index in [1.54, 1.807) is 18.2 Å². The summed E-state index contributed by atoms with van der Waals surface area (Å²) in [5.41, 5.74) is 8.21. The summed E-state index contributed by atoms with van der Waals surface area (Å²) in [6, 6.07) is 5.20. The summed E-state index contributed by atoms with van der Waals surface area (Å²) in [5, 5.41) is 0.614. The lowest BCUT2D eigenvalue weighted by atomic mass is 10.3. The van der Waals surface area contributed by atoms with Crippen molar-refractivity contribution in [3.8, 4) is 0 Å². The van der Waals surface area contributed by atoms with Crippen molar-refractivity contribution >= 4 is 35.0 Å². The second kappa shape index (κ2) is 6.59. The van der Waals surface area contributed by atoms with Crippen LogP contribution in [0.4, 0.5) is 5.69 Å². The average Bonchev–Trinajstić information content (AvgIpc) is 2.23. The number of hydrogen-bond donors (Lipinski definition) is 3. The van der Waals surface area contributed by atoms with Crippen LogP contribution in [0.5, 0.6) is 0 Å². The molecule has 0 amide bonds. The van der Waals surface area contributed by atoms with Gasteiger partial charge in [0.25, 0.3) is 0 Å². The number of carbonyl (C=O) groups is 1. The van der Waals surface area contributed by atoms with Crippen LogP contribution in [0.1, 0.15) is 6.42 Å². The van der Waals surface area contributed by atoms with Crippen LogP contribution in [-0.2, 0) is 9.63 Å². The Balaban J connectivity index is 2.42. The maximum atomic E-state index is 10.9. The first-order valence-corrected chi connectivity index (χ1v) is 5.83. The Morgan fingerprint density at radius 1 is 1.56 bits per heavy atom. The molecule has 0 aliphatic rings. The van der Waals surface area contributed by atoms with E-state index < -0.39 is 5.97 Å². The molecule has 0 atom stereocenters. The molecule has 88 valence electrons. The van der Waals surface area contributed by atoms with E-state index in [0.717, 1.165) is 4.90 Å². The van der Waals surface area contributed by atoms with Gasteiger partial charge in [-0.2, -0.15) is 0 Å². The Bertz CT molecular complexity index is 376. The van der Waals surface area contributed by atoms with Crippen LogP contribution in [0.25, 0.3) is 0 Å². The summed E-state index contributed by atoms with van der Waals surface area (Å²) < 4.78 is 0. The molecule has 0 heterocycles. The second-order valence-corrected chi connectivity index (χ2v) is 4.45. The summed E-state index contributed by atoms with van der Waals surface area (Å²) in [5.74, 6) is 4.94. The lowest BCUT2D eigenvalue weighted by molar-refractivity contribution is -0.150. The smallest absolute Gasteiger partial charge is 0.327 e. The molecule has 0 bridgehead atoms. The minimum atomic E-state index is -0.421. The van der Waals surface area contributed by atoms with Crippen molar-refractivity contribution in [2.45, 2.75) is 11.3 Å². The van der Waals surface area contributed by atoms with Crippen LogP contribution in [-0.4, -0.2) is 11.7 Å². The third kappa shape index (κ3) is 4.28. The number of carbonyl (C=O) groups excluding carboxylic acids is 1.